The first kappa shape index (κ1) is 19.5. The SMILES string of the molecule is Cl.[N-]=[N+]=NCC1CC=CC[C@@H](N)[C@H]2O[C@H](S1)[C@H](O)[C@@H](O)[C@H]2O. The normalized spacial score (nSPS) is 41.9. The van der Waals surface area contributed by atoms with Gasteiger partial charge in [0, 0.05) is 22.7 Å². The Kier molecular flexibility index (Phi) is 7.95. The average Bonchev–Trinajstić information content (AvgIpc) is 2.48. The van der Waals surface area contributed by atoms with Crippen molar-refractivity contribution in [3.05, 3.63) is 22.6 Å². The molecule has 2 aliphatic rings. The smallest absolute Gasteiger partial charge is 0.132 e. The van der Waals surface area contributed by atoms with Gasteiger partial charge in [-0.2, -0.15) is 0 Å². The minimum absolute atomic E-state index is 0. The van der Waals surface area contributed by atoms with Crippen molar-refractivity contribution in [2.75, 3.05) is 6.54 Å². The zero-order valence-electron chi connectivity index (χ0n) is 11.8. The van der Waals surface area contributed by atoms with E-state index in [0.717, 1.165) is 0 Å². The Morgan fingerprint density at radius 2 is 1.91 bits per heavy atom. The van der Waals surface area contributed by atoms with E-state index in [1.165, 1.54) is 11.8 Å². The molecule has 0 aromatic rings. The van der Waals surface area contributed by atoms with Crippen molar-refractivity contribution in [2.45, 2.75) is 54.0 Å². The van der Waals surface area contributed by atoms with Gasteiger partial charge in [-0.25, -0.2) is 0 Å². The number of rotatable bonds is 2. The van der Waals surface area contributed by atoms with Crippen LogP contribution in [0.1, 0.15) is 12.8 Å². The lowest BCUT2D eigenvalue weighted by Crippen LogP contribution is -2.61. The number of hydrogen-bond acceptors (Lipinski definition) is 7. The Morgan fingerprint density at radius 3 is 2.59 bits per heavy atom. The highest BCUT2D eigenvalue weighted by molar-refractivity contribution is 8.00. The lowest BCUT2D eigenvalue weighted by Gasteiger charge is -2.43. The molecular formula is C12H21ClN4O4S. The van der Waals surface area contributed by atoms with Crippen LogP contribution in [0.5, 0.6) is 0 Å². The molecule has 0 aliphatic carbocycles. The van der Waals surface area contributed by atoms with E-state index in [4.69, 9.17) is 16.0 Å². The number of azide groups is 1. The molecule has 0 amide bonds. The topological polar surface area (TPSA) is 145 Å². The van der Waals surface area contributed by atoms with Gasteiger partial charge in [-0.05, 0) is 18.4 Å². The highest BCUT2D eigenvalue weighted by Gasteiger charge is 2.46. The van der Waals surface area contributed by atoms with E-state index in [9.17, 15) is 15.3 Å². The Labute approximate surface area is 138 Å². The highest BCUT2D eigenvalue weighted by atomic mass is 35.5. The van der Waals surface area contributed by atoms with Crippen LogP contribution < -0.4 is 5.73 Å². The average molecular weight is 353 g/mol. The van der Waals surface area contributed by atoms with E-state index >= 15 is 0 Å². The van der Waals surface area contributed by atoms with Crippen molar-refractivity contribution in [1.29, 1.82) is 0 Å². The predicted molar refractivity (Wildman–Crippen MR) is 85.7 cm³/mol. The van der Waals surface area contributed by atoms with Crippen molar-refractivity contribution in [2.24, 2.45) is 10.8 Å². The summed E-state index contributed by atoms with van der Waals surface area (Å²) in [6, 6.07) is -0.463. The van der Waals surface area contributed by atoms with Gasteiger partial charge in [0.15, 0.2) is 0 Å². The van der Waals surface area contributed by atoms with E-state index < -0.39 is 35.9 Å². The monoisotopic (exact) mass is 352 g/mol. The molecular weight excluding hydrogens is 332 g/mol. The Hall–Kier alpha value is -0.510. The number of aliphatic hydroxyl groups is 3. The van der Waals surface area contributed by atoms with Crippen molar-refractivity contribution in [3.8, 4) is 0 Å². The van der Waals surface area contributed by atoms with Gasteiger partial charge in [0.25, 0.3) is 0 Å². The van der Waals surface area contributed by atoms with Crippen molar-refractivity contribution >= 4 is 24.2 Å². The molecule has 1 fully saturated rings. The quantitative estimate of drug-likeness (QED) is 0.243. The Bertz CT molecular complexity index is 437. The summed E-state index contributed by atoms with van der Waals surface area (Å²) < 4.78 is 5.69. The van der Waals surface area contributed by atoms with Crippen LogP contribution in [0.25, 0.3) is 10.4 Å². The van der Waals surface area contributed by atoms with Crippen LogP contribution in [0.3, 0.4) is 0 Å². The standard InChI is InChI=1S/C12H20N4O4S.ClH/c13-7-4-2-1-3-6(5-15-16-14)21-12-10(19)8(17)9(18)11(7)20-12;/h1-2,6-12,17-19H,3-5,13H2;1H/t6?,7-,8+,9-,10-,11-,12-;/m1./s1. The molecule has 0 saturated carbocycles. The van der Waals surface area contributed by atoms with Gasteiger partial charge in [-0.15, -0.1) is 24.2 Å². The number of nitrogens with zero attached hydrogens (tertiary/aromatic N) is 3. The molecule has 1 saturated heterocycles. The zero-order valence-corrected chi connectivity index (χ0v) is 13.4. The summed E-state index contributed by atoms with van der Waals surface area (Å²) >= 11 is 1.28. The number of fused-ring (bicyclic) bond motifs is 2. The molecule has 0 aromatic carbocycles. The van der Waals surface area contributed by atoms with Gasteiger partial charge in [0.05, 0.1) is 0 Å². The lowest BCUT2D eigenvalue weighted by molar-refractivity contribution is -0.202. The summed E-state index contributed by atoms with van der Waals surface area (Å²) in [6.07, 6.45) is 0.478. The van der Waals surface area contributed by atoms with Gasteiger partial charge in [-0.3, -0.25) is 0 Å². The molecule has 7 atom stereocenters. The van der Waals surface area contributed by atoms with Crippen LogP contribution in [0.2, 0.25) is 0 Å². The van der Waals surface area contributed by atoms with E-state index in [2.05, 4.69) is 10.0 Å². The third kappa shape index (κ3) is 4.50. The Morgan fingerprint density at radius 1 is 1.23 bits per heavy atom. The van der Waals surface area contributed by atoms with Crippen LogP contribution >= 0.6 is 24.2 Å². The van der Waals surface area contributed by atoms with Crippen molar-refractivity contribution in [3.63, 3.8) is 0 Å². The molecule has 2 rings (SSSR count). The van der Waals surface area contributed by atoms with Crippen molar-refractivity contribution < 1.29 is 20.1 Å². The second-order valence-corrected chi connectivity index (χ2v) is 6.62. The minimum atomic E-state index is -1.31. The molecule has 2 aliphatic heterocycles. The van der Waals surface area contributed by atoms with Crippen LogP contribution in [-0.2, 0) is 4.74 Å². The molecule has 1 unspecified atom stereocenters. The van der Waals surface area contributed by atoms with Gasteiger partial charge in [0.1, 0.15) is 29.9 Å². The number of aliphatic hydroxyl groups excluding tert-OH is 3. The molecule has 2 bridgehead atoms. The van der Waals surface area contributed by atoms with Gasteiger partial charge >= 0.3 is 0 Å². The van der Waals surface area contributed by atoms with E-state index in [-0.39, 0.29) is 24.2 Å². The maximum absolute atomic E-state index is 10.0. The first-order chi connectivity index (χ1) is 10.0. The molecule has 0 radical (unpaired) electrons. The largest absolute Gasteiger partial charge is 0.388 e. The Balaban J connectivity index is 0.00000242. The molecule has 8 nitrogen and oxygen atoms in total. The summed E-state index contributed by atoms with van der Waals surface area (Å²) in [5.74, 6) is 0. The van der Waals surface area contributed by atoms with Crippen LogP contribution in [-0.4, -0.2) is 63.0 Å². The van der Waals surface area contributed by atoms with Crippen LogP contribution in [0.15, 0.2) is 17.3 Å². The summed E-state index contributed by atoms with van der Waals surface area (Å²) in [6.45, 7) is 0.257. The predicted octanol–water partition coefficient (Wildman–Crippen LogP) is 0.305. The van der Waals surface area contributed by atoms with Crippen LogP contribution in [0, 0.1) is 0 Å². The number of nitrogens with two attached hydrogens (primary N) is 1. The van der Waals surface area contributed by atoms with Crippen LogP contribution in [0.4, 0.5) is 0 Å². The zero-order chi connectivity index (χ0) is 15.4. The fourth-order valence-electron chi connectivity index (χ4n) is 2.47. The van der Waals surface area contributed by atoms with Crippen molar-refractivity contribution in [1.82, 2.24) is 0 Å². The maximum Gasteiger partial charge on any atom is 0.132 e. The van der Waals surface area contributed by atoms with Gasteiger partial charge < -0.3 is 25.8 Å². The number of thioether (sulfide) groups is 1. The highest BCUT2D eigenvalue weighted by Crippen LogP contribution is 2.34. The second kappa shape index (κ2) is 8.95. The second-order valence-electron chi connectivity index (χ2n) is 5.22. The molecule has 126 valence electrons. The lowest BCUT2D eigenvalue weighted by atomic mass is 9.93. The third-order valence-electron chi connectivity index (χ3n) is 3.68. The molecule has 5 N–H and O–H groups in total. The third-order valence-corrected chi connectivity index (χ3v) is 5.06. The number of hydrogen-bond donors (Lipinski definition) is 4. The van der Waals surface area contributed by atoms with E-state index in [0.29, 0.717) is 12.8 Å². The fourth-order valence-corrected chi connectivity index (χ4v) is 3.73. The maximum atomic E-state index is 10.0. The van der Waals surface area contributed by atoms with Gasteiger partial charge in [0.2, 0.25) is 0 Å². The first-order valence-corrected chi connectivity index (χ1v) is 7.75. The number of allylic oxidation sites excluding steroid dienone is 1. The summed E-state index contributed by atoms with van der Waals surface area (Å²) in [7, 11) is 0. The molecule has 2 heterocycles. The molecule has 10 heteroatoms. The van der Waals surface area contributed by atoms with Gasteiger partial charge in [-0.1, -0.05) is 17.3 Å². The molecule has 0 spiro atoms. The van der Waals surface area contributed by atoms with E-state index in [1.54, 1.807) is 0 Å². The summed E-state index contributed by atoms with van der Waals surface area (Å²) in [5.41, 5.74) is 13.7. The summed E-state index contributed by atoms with van der Waals surface area (Å²) in [4.78, 5) is 2.74. The summed E-state index contributed by atoms with van der Waals surface area (Å²) in [5, 5.41) is 33.5. The minimum Gasteiger partial charge on any atom is -0.388 e. The number of halogens is 1. The van der Waals surface area contributed by atoms with E-state index in [1.807, 2.05) is 12.2 Å². The molecule has 22 heavy (non-hydrogen) atoms. The number of ether oxygens (including phenoxy) is 1. The fraction of sp³-hybridized carbons (Fsp3) is 0.833. The first-order valence-electron chi connectivity index (χ1n) is 6.81. The molecule has 0 aromatic heterocycles.